The summed E-state index contributed by atoms with van der Waals surface area (Å²) in [6.07, 6.45) is 3.71. The molecular weight excluding hydrogens is 268 g/mol. The number of methoxy groups -OCH3 is 1. The lowest BCUT2D eigenvalue weighted by atomic mass is 10.0. The maximum Gasteiger partial charge on any atom is 0.270 e. The average Bonchev–Trinajstić information content (AvgIpc) is 3.16. The number of hydrogen-bond acceptors (Lipinski definition) is 3. The number of aromatic amines is 1. The summed E-state index contributed by atoms with van der Waals surface area (Å²) < 4.78 is 7.22. The Balaban J connectivity index is 1.96. The maximum absolute atomic E-state index is 12.6. The van der Waals surface area contributed by atoms with Gasteiger partial charge in [0.15, 0.2) is 0 Å². The van der Waals surface area contributed by atoms with Crippen molar-refractivity contribution in [2.75, 3.05) is 13.7 Å². The standard InChI is InChI=1S/C15H20N4O2/c1-10-13(15(21-3)18(2)17-10)12-7-5-9-19(12)14(20)11-6-4-8-16-11/h4,6,8,12,16H,5,7,9H2,1-3H3. The van der Waals surface area contributed by atoms with E-state index in [2.05, 4.69) is 10.1 Å². The molecule has 1 aliphatic rings. The van der Waals surface area contributed by atoms with E-state index in [0.717, 1.165) is 36.5 Å². The summed E-state index contributed by atoms with van der Waals surface area (Å²) in [5.41, 5.74) is 2.57. The Kier molecular flexibility index (Phi) is 3.45. The summed E-state index contributed by atoms with van der Waals surface area (Å²) >= 11 is 0. The first-order chi connectivity index (χ1) is 10.1. The second-order valence-corrected chi connectivity index (χ2v) is 5.37. The minimum Gasteiger partial charge on any atom is -0.481 e. The molecule has 6 heteroatoms. The number of amides is 1. The fourth-order valence-electron chi connectivity index (χ4n) is 3.21. The number of hydrogen-bond donors (Lipinski definition) is 1. The zero-order valence-electron chi connectivity index (χ0n) is 12.6. The highest BCUT2D eigenvalue weighted by Gasteiger charge is 2.35. The van der Waals surface area contributed by atoms with Gasteiger partial charge in [-0.15, -0.1) is 0 Å². The highest BCUT2D eigenvalue weighted by Crippen LogP contribution is 2.39. The summed E-state index contributed by atoms with van der Waals surface area (Å²) in [6, 6.07) is 3.68. The van der Waals surface area contributed by atoms with Crippen LogP contribution in [0.4, 0.5) is 0 Å². The number of H-pyrrole nitrogens is 1. The second kappa shape index (κ2) is 5.27. The molecule has 2 aromatic rings. The van der Waals surface area contributed by atoms with Crippen molar-refractivity contribution in [3.05, 3.63) is 35.3 Å². The molecule has 0 bridgehead atoms. The number of likely N-dealkylation sites (tertiary alicyclic amines) is 1. The van der Waals surface area contributed by atoms with Gasteiger partial charge in [0.25, 0.3) is 5.91 Å². The largest absolute Gasteiger partial charge is 0.481 e. The van der Waals surface area contributed by atoms with E-state index in [1.54, 1.807) is 18.0 Å². The molecule has 1 saturated heterocycles. The molecule has 1 aliphatic heterocycles. The van der Waals surface area contributed by atoms with E-state index >= 15 is 0 Å². The third-order valence-corrected chi connectivity index (χ3v) is 4.08. The smallest absolute Gasteiger partial charge is 0.270 e. The number of aryl methyl sites for hydroxylation is 2. The molecule has 0 aliphatic carbocycles. The predicted molar refractivity (Wildman–Crippen MR) is 78.3 cm³/mol. The molecule has 1 fully saturated rings. The lowest BCUT2D eigenvalue weighted by Crippen LogP contribution is -2.31. The summed E-state index contributed by atoms with van der Waals surface area (Å²) in [5.74, 6) is 0.775. The zero-order chi connectivity index (χ0) is 15.0. The van der Waals surface area contributed by atoms with Gasteiger partial charge in [-0.25, -0.2) is 4.68 Å². The van der Waals surface area contributed by atoms with Crippen LogP contribution in [0, 0.1) is 6.92 Å². The van der Waals surface area contributed by atoms with Crippen LogP contribution in [0.15, 0.2) is 18.3 Å². The van der Waals surface area contributed by atoms with Crippen molar-refractivity contribution in [2.24, 2.45) is 7.05 Å². The number of carbonyl (C=O) groups is 1. The van der Waals surface area contributed by atoms with Crippen molar-refractivity contribution >= 4 is 5.91 Å². The third-order valence-electron chi connectivity index (χ3n) is 4.08. The van der Waals surface area contributed by atoms with Crippen LogP contribution < -0.4 is 4.74 Å². The summed E-state index contributed by atoms with van der Waals surface area (Å²) in [6.45, 7) is 2.73. The van der Waals surface area contributed by atoms with E-state index in [0.29, 0.717) is 5.69 Å². The monoisotopic (exact) mass is 288 g/mol. The lowest BCUT2D eigenvalue weighted by molar-refractivity contribution is 0.0728. The van der Waals surface area contributed by atoms with Gasteiger partial charge in [0.2, 0.25) is 5.88 Å². The summed E-state index contributed by atoms with van der Waals surface area (Å²) in [4.78, 5) is 17.5. The first kappa shape index (κ1) is 13.7. The predicted octanol–water partition coefficient (Wildman–Crippen LogP) is 2.04. The van der Waals surface area contributed by atoms with Gasteiger partial charge < -0.3 is 14.6 Å². The highest BCUT2D eigenvalue weighted by molar-refractivity contribution is 5.93. The van der Waals surface area contributed by atoms with E-state index in [9.17, 15) is 4.79 Å². The minimum absolute atomic E-state index is 0.0319. The molecule has 2 aromatic heterocycles. The van der Waals surface area contributed by atoms with Crippen LogP contribution in [0.2, 0.25) is 0 Å². The average molecular weight is 288 g/mol. The molecule has 1 atom stereocenters. The fraction of sp³-hybridized carbons (Fsp3) is 0.467. The quantitative estimate of drug-likeness (QED) is 0.940. The molecule has 0 saturated carbocycles. The number of aromatic nitrogens is 3. The van der Waals surface area contributed by atoms with Gasteiger partial charge in [-0.3, -0.25) is 4.79 Å². The number of nitrogens with one attached hydrogen (secondary N) is 1. The number of rotatable bonds is 3. The van der Waals surface area contributed by atoms with Crippen molar-refractivity contribution in [2.45, 2.75) is 25.8 Å². The van der Waals surface area contributed by atoms with Crippen LogP contribution in [0.3, 0.4) is 0 Å². The van der Waals surface area contributed by atoms with Crippen LogP contribution >= 0.6 is 0 Å². The molecule has 0 aromatic carbocycles. The molecule has 1 unspecified atom stereocenters. The Hall–Kier alpha value is -2.24. The normalized spacial score (nSPS) is 18.2. The summed E-state index contributed by atoms with van der Waals surface area (Å²) in [5, 5.41) is 4.43. The minimum atomic E-state index is 0.0319. The Morgan fingerprint density at radius 2 is 2.33 bits per heavy atom. The molecule has 112 valence electrons. The van der Waals surface area contributed by atoms with Crippen LogP contribution in [-0.2, 0) is 7.05 Å². The highest BCUT2D eigenvalue weighted by atomic mass is 16.5. The van der Waals surface area contributed by atoms with Crippen molar-refractivity contribution < 1.29 is 9.53 Å². The van der Waals surface area contributed by atoms with Gasteiger partial charge >= 0.3 is 0 Å². The van der Waals surface area contributed by atoms with E-state index in [4.69, 9.17) is 4.74 Å². The van der Waals surface area contributed by atoms with Gasteiger partial charge in [0.1, 0.15) is 5.69 Å². The van der Waals surface area contributed by atoms with Gasteiger partial charge in [-0.05, 0) is 31.9 Å². The van der Waals surface area contributed by atoms with Crippen molar-refractivity contribution in [1.29, 1.82) is 0 Å². The Morgan fingerprint density at radius 3 is 3.00 bits per heavy atom. The van der Waals surface area contributed by atoms with Gasteiger partial charge in [0.05, 0.1) is 24.4 Å². The van der Waals surface area contributed by atoms with Crippen LogP contribution in [-0.4, -0.2) is 39.2 Å². The number of nitrogens with zero attached hydrogens (tertiary/aromatic N) is 3. The molecule has 0 radical (unpaired) electrons. The molecule has 3 rings (SSSR count). The van der Waals surface area contributed by atoms with E-state index in [1.807, 2.05) is 31.0 Å². The van der Waals surface area contributed by atoms with Crippen LogP contribution in [0.1, 0.15) is 40.6 Å². The topological polar surface area (TPSA) is 63.1 Å². The third kappa shape index (κ3) is 2.20. The lowest BCUT2D eigenvalue weighted by Gasteiger charge is -2.24. The Morgan fingerprint density at radius 1 is 1.52 bits per heavy atom. The molecule has 6 nitrogen and oxygen atoms in total. The molecule has 3 heterocycles. The maximum atomic E-state index is 12.6. The number of ether oxygens (including phenoxy) is 1. The number of carbonyl (C=O) groups excluding carboxylic acids is 1. The molecule has 21 heavy (non-hydrogen) atoms. The van der Waals surface area contributed by atoms with Gasteiger partial charge in [-0.2, -0.15) is 5.10 Å². The van der Waals surface area contributed by atoms with Crippen molar-refractivity contribution in [3.63, 3.8) is 0 Å². The zero-order valence-corrected chi connectivity index (χ0v) is 12.6. The second-order valence-electron chi connectivity index (χ2n) is 5.37. The van der Waals surface area contributed by atoms with Crippen LogP contribution in [0.5, 0.6) is 5.88 Å². The SMILES string of the molecule is COc1c(C2CCCN2C(=O)c2ccc[nH]2)c(C)nn1C. The first-order valence-electron chi connectivity index (χ1n) is 7.15. The van der Waals surface area contributed by atoms with Crippen LogP contribution in [0.25, 0.3) is 0 Å². The van der Waals surface area contributed by atoms with Crippen molar-refractivity contribution in [1.82, 2.24) is 19.7 Å². The Labute approximate surface area is 123 Å². The van der Waals surface area contributed by atoms with Gasteiger partial charge in [0, 0.05) is 19.8 Å². The van der Waals surface area contributed by atoms with Crippen molar-refractivity contribution in [3.8, 4) is 5.88 Å². The van der Waals surface area contributed by atoms with E-state index < -0.39 is 0 Å². The van der Waals surface area contributed by atoms with Gasteiger partial charge in [-0.1, -0.05) is 0 Å². The summed E-state index contributed by atoms with van der Waals surface area (Å²) in [7, 11) is 3.51. The Bertz CT molecular complexity index is 645. The van der Waals surface area contributed by atoms with E-state index in [1.165, 1.54) is 0 Å². The molecule has 1 amide bonds. The fourth-order valence-corrected chi connectivity index (χ4v) is 3.21. The molecule has 1 N–H and O–H groups in total. The molecular formula is C15H20N4O2. The van der Waals surface area contributed by atoms with E-state index in [-0.39, 0.29) is 11.9 Å². The first-order valence-corrected chi connectivity index (χ1v) is 7.15. The molecule has 0 spiro atoms.